The maximum absolute atomic E-state index is 12.0. The topological polar surface area (TPSA) is 59.4 Å². The Morgan fingerprint density at radius 1 is 1.22 bits per heavy atom. The van der Waals surface area contributed by atoms with E-state index in [1.807, 2.05) is 35.2 Å². The zero-order valence-corrected chi connectivity index (χ0v) is 14.0. The average Bonchev–Trinajstić information content (AvgIpc) is 2.59. The summed E-state index contributed by atoms with van der Waals surface area (Å²) in [5.41, 5.74) is 1.15. The van der Waals surface area contributed by atoms with Crippen LogP contribution in [0.25, 0.3) is 0 Å². The van der Waals surface area contributed by atoms with Gasteiger partial charge < -0.3 is 10.2 Å². The number of nitrogens with one attached hydrogen (secondary N) is 1. The average molecular weight is 330 g/mol. The van der Waals surface area contributed by atoms with Crippen molar-refractivity contribution < 1.29 is 4.79 Å². The molecule has 0 spiro atoms. The summed E-state index contributed by atoms with van der Waals surface area (Å²) in [6.45, 7) is 4.15. The van der Waals surface area contributed by atoms with Gasteiger partial charge >= 0.3 is 0 Å². The molecule has 1 amide bonds. The molecule has 0 bridgehead atoms. The monoisotopic (exact) mass is 330 g/mol. The van der Waals surface area contributed by atoms with E-state index in [1.54, 1.807) is 0 Å². The second-order valence-corrected chi connectivity index (χ2v) is 5.96. The lowest BCUT2D eigenvalue weighted by Gasteiger charge is -2.35. The van der Waals surface area contributed by atoms with E-state index in [1.165, 1.54) is 0 Å². The minimum atomic E-state index is -0.0363. The molecule has 1 aliphatic heterocycles. The summed E-state index contributed by atoms with van der Waals surface area (Å²) in [5, 5.41) is 12.0. The van der Waals surface area contributed by atoms with Crippen LogP contribution in [0.3, 0.4) is 0 Å². The molecule has 122 valence electrons. The molecular weight excluding hydrogens is 308 g/mol. The van der Waals surface area contributed by atoms with Crippen LogP contribution in [0.15, 0.2) is 30.3 Å². The SMILES string of the molecule is N#CCCN1CCN(C(=S)NC(=O)CCc2ccccc2)CC1. The van der Waals surface area contributed by atoms with Gasteiger partial charge in [0.15, 0.2) is 5.11 Å². The first kappa shape index (κ1) is 17.4. The Labute approximate surface area is 142 Å². The molecule has 2 rings (SSSR count). The van der Waals surface area contributed by atoms with Crippen LogP contribution in [0.1, 0.15) is 18.4 Å². The second-order valence-electron chi connectivity index (χ2n) is 5.58. The summed E-state index contributed by atoms with van der Waals surface area (Å²) < 4.78 is 0. The third-order valence-electron chi connectivity index (χ3n) is 3.93. The molecule has 6 heteroatoms. The van der Waals surface area contributed by atoms with Gasteiger partial charge in [-0.2, -0.15) is 5.26 Å². The van der Waals surface area contributed by atoms with Crippen LogP contribution in [0.4, 0.5) is 0 Å². The minimum Gasteiger partial charge on any atom is -0.346 e. The molecule has 0 saturated carbocycles. The summed E-state index contributed by atoms with van der Waals surface area (Å²) in [6.07, 6.45) is 1.71. The van der Waals surface area contributed by atoms with Gasteiger partial charge in [0, 0.05) is 45.6 Å². The predicted octanol–water partition coefficient (Wildman–Crippen LogP) is 1.55. The molecule has 1 heterocycles. The molecule has 1 fully saturated rings. The van der Waals surface area contributed by atoms with E-state index in [2.05, 4.69) is 16.3 Å². The molecule has 0 unspecified atom stereocenters. The number of benzene rings is 1. The summed E-state index contributed by atoms with van der Waals surface area (Å²) in [6, 6.07) is 12.1. The number of aryl methyl sites for hydroxylation is 1. The van der Waals surface area contributed by atoms with E-state index in [9.17, 15) is 4.79 Å². The van der Waals surface area contributed by atoms with Crippen LogP contribution < -0.4 is 5.32 Å². The molecule has 1 aromatic carbocycles. The fourth-order valence-electron chi connectivity index (χ4n) is 2.55. The van der Waals surface area contributed by atoms with E-state index in [0.29, 0.717) is 18.0 Å². The Morgan fingerprint density at radius 2 is 1.91 bits per heavy atom. The number of hydrogen-bond donors (Lipinski definition) is 1. The van der Waals surface area contributed by atoms with Crippen molar-refractivity contribution in [2.24, 2.45) is 0 Å². The lowest BCUT2D eigenvalue weighted by molar-refractivity contribution is -0.119. The van der Waals surface area contributed by atoms with E-state index in [4.69, 9.17) is 17.5 Å². The van der Waals surface area contributed by atoms with Crippen molar-refractivity contribution in [1.82, 2.24) is 15.1 Å². The second kappa shape index (κ2) is 9.23. The normalized spacial score (nSPS) is 15.0. The highest BCUT2D eigenvalue weighted by atomic mass is 32.1. The van der Waals surface area contributed by atoms with Crippen molar-refractivity contribution >= 4 is 23.2 Å². The van der Waals surface area contributed by atoms with Crippen molar-refractivity contribution in [1.29, 1.82) is 5.26 Å². The van der Waals surface area contributed by atoms with Gasteiger partial charge in [-0.05, 0) is 24.2 Å². The molecule has 23 heavy (non-hydrogen) atoms. The third-order valence-corrected chi connectivity index (χ3v) is 4.29. The smallest absolute Gasteiger partial charge is 0.226 e. The van der Waals surface area contributed by atoms with Gasteiger partial charge in [0.25, 0.3) is 0 Å². The van der Waals surface area contributed by atoms with Crippen molar-refractivity contribution in [3.8, 4) is 6.07 Å². The van der Waals surface area contributed by atoms with Crippen molar-refractivity contribution in [2.75, 3.05) is 32.7 Å². The molecule has 1 aromatic rings. The maximum atomic E-state index is 12.0. The number of thiocarbonyl (C=S) groups is 1. The Balaban J connectivity index is 1.68. The molecule has 5 nitrogen and oxygen atoms in total. The zero-order chi connectivity index (χ0) is 16.5. The Bertz CT molecular complexity index is 562. The molecule has 1 N–H and O–H groups in total. The van der Waals surface area contributed by atoms with Crippen LogP contribution in [0.2, 0.25) is 0 Å². The Hall–Kier alpha value is -1.97. The summed E-state index contributed by atoms with van der Waals surface area (Å²) in [5.74, 6) is -0.0363. The number of piperazine rings is 1. The molecule has 1 aliphatic rings. The zero-order valence-electron chi connectivity index (χ0n) is 13.2. The van der Waals surface area contributed by atoms with Crippen molar-refractivity contribution in [2.45, 2.75) is 19.3 Å². The lowest BCUT2D eigenvalue weighted by atomic mass is 10.1. The quantitative estimate of drug-likeness (QED) is 0.830. The summed E-state index contributed by atoms with van der Waals surface area (Å²) >= 11 is 5.33. The maximum Gasteiger partial charge on any atom is 0.226 e. The van der Waals surface area contributed by atoms with Gasteiger partial charge in [0.05, 0.1) is 6.07 Å². The number of carbonyl (C=O) groups is 1. The van der Waals surface area contributed by atoms with Gasteiger partial charge in [-0.25, -0.2) is 0 Å². The van der Waals surface area contributed by atoms with Gasteiger partial charge in [-0.15, -0.1) is 0 Å². The Kier molecular flexibility index (Phi) is 6.98. The van der Waals surface area contributed by atoms with Crippen LogP contribution in [-0.2, 0) is 11.2 Å². The molecule has 0 aliphatic carbocycles. The van der Waals surface area contributed by atoms with Crippen molar-refractivity contribution in [3.05, 3.63) is 35.9 Å². The van der Waals surface area contributed by atoms with Crippen LogP contribution >= 0.6 is 12.2 Å². The fraction of sp³-hybridized carbons (Fsp3) is 0.471. The van der Waals surface area contributed by atoms with E-state index in [0.717, 1.165) is 44.7 Å². The predicted molar refractivity (Wildman–Crippen MR) is 93.7 cm³/mol. The number of rotatable bonds is 5. The van der Waals surface area contributed by atoms with E-state index < -0.39 is 0 Å². The van der Waals surface area contributed by atoms with Gasteiger partial charge in [0.2, 0.25) is 5.91 Å². The van der Waals surface area contributed by atoms with E-state index >= 15 is 0 Å². The van der Waals surface area contributed by atoms with Crippen molar-refractivity contribution in [3.63, 3.8) is 0 Å². The highest BCUT2D eigenvalue weighted by Crippen LogP contribution is 2.05. The highest BCUT2D eigenvalue weighted by molar-refractivity contribution is 7.80. The summed E-state index contributed by atoms with van der Waals surface area (Å²) in [4.78, 5) is 16.3. The highest BCUT2D eigenvalue weighted by Gasteiger charge is 2.19. The third kappa shape index (κ3) is 5.97. The molecular formula is C17H22N4OS. The van der Waals surface area contributed by atoms with Gasteiger partial charge in [-0.1, -0.05) is 30.3 Å². The first-order valence-electron chi connectivity index (χ1n) is 7.91. The van der Waals surface area contributed by atoms with Crippen LogP contribution in [0, 0.1) is 11.3 Å². The fourth-order valence-corrected chi connectivity index (χ4v) is 2.84. The summed E-state index contributed by atoms with van der Waals surface area (Å²) in [7, 11) is 0. The molecule has 0 radical (unpaired) electrons. The molecule has 0 aromatic heterocycles. The first-order valence-corrected chi connectivity index (χ1v) is 8.32. The number of amides is 1. The van der Waals surface area contributed by atoms with Gasteiger partial charge in [-0.3, -0.25) is 9.69 Å². The number of carbonyl (C=O) groups excluding carboxylic acids is 1. The Morgan fingerprint density at radius 3 is 2.57 bits per heavy atom. The first-order chi connectivity index (χ1) is 11.2. The molecule has 1 saturated heterocycles. The van der Waals surface area contributed by atoms with Crippen LogP contribution in [-0.4, -0.2) is 53.5 Å². The van der Waals surface area contributed by atoms with Gasteiger partial charge in [0.1, 0.15) is 0 Å². The number of hydrogen-bond acceptors (Lipinski definition) is 4. The number of nitriles is 1. The lowest BCUT2D eigenvalue weighted by Crippen LogP contribution is -2.52. The largest absolute Gasteiger partial charge is 0.346 e. The molecule has 0 atom stereocenters. The standard InChI is InChI=1S/C17H22N4OS/c18-9-4-10-20-11-13-21(14-12-20)17(23)19-16(22)8-7-15-5-2-1-3-6-15/h1-3,5-6H,4,7-8,10-14H2,(H,19,22,23). The van der Waals surface area contributed by atoms with E-state index in [-0.39, 0.29) is 5.91 Å². The number of nitrogens with zero attached hydrogens (tertiary/aromatic N) is 3. The van der Waals surface area contributed by atoms with Crippen LogP contribution in [0.5, 0.6) is 0 Å². The minimum absolute atomic E-state index is 0.0363.